The van der Waals surface area contributed by atoms with Gasteiger partial charge >= 0.3 is 0 Å². The molecule has 0 saturated carbocycles. The van der Waals surface area contributed by atoms with Crippen LogP contribution in [0.5, 0.6) is 5.75 Å². The zero-order valence-electron chi connectivity index (χ0n) is 9.10. The highest BCUT2D eigenvalue weighted by Crippen LogP contribution is 2.29. The van der Waals surface area contributed by atoms with Gasteiger partial charge in [0.1, 0.15) is 10.8 Å². The zero-order valence-corrected chi connectivity index (χ0v) is 9.92. The summed E-state index contributed by atoms with van der Waals surface area (Å²) in [5, 5.41) is 10.2. The summed E-state index contributed by atoms with van der Waals surface area (Å²) in [6.45, 7) is 2.59. The van der Waals surface area contributed by atoms with Crippen LogP contribution in [0.15, 0.2) is 24.3 Å². The van der Waals surface area contributed by atoms with E-state index < -0.39 is 0 Å². The monoisotopic (exact) mass is 234 g/mol. The number of hydrogen-bond donors (Lipinski definition) is 2. The lowest BCUT2D eigenvalue weighted by molar-refractivity contribution is 0.475. The smallest absolute Gasteiger partial charge is 0.115 e. The minimum atomic E-state index is 0.274. The molecule has 0 bridgehead atoms. The van der Waals surface area contributed by atoms with E-state index in [9.17, 15) is 5.11 Å². The lowest BCUT2D eigenvalue weighted by atomic mass is 10.1. The summed E-state index contributed by atoms with van der Waals surface area (Å²) in [6, 6.07) is 7.11. The van der Waals surface area contributed by atoms with Gasteiger partial charge < -0.3 is 10.8 Å². The lowest BCUT2D eigenvalue weighted by Crippen LogP contribution is -1.94. The van der Waals surface area contributed by atoms with E-state index in [2.05, 4.69) is 11.9 Å². The number of hydrogen-bond acceptors (Lipinski definition) is 4. The number of thiazole rings is 1. The van der Waals surface area contributed by atoms with Gasteiger partial charge in [0, 0.05) is 17.0 Å². The Bertz CT molecular complexity index is 476. The number of aryl methyl sites for hydroxylation is 1. The number of phenols is 1. The van der Waals surface area contributed by atoms with Crippen LogP contribution >= 0.6 is 11.3 Å². The molecule has 3 nitrogen and oxygen atoms in total. The Balaban J connectivity index is 2.45. The van der Waals surface area contributed by atoms with E-state index in [1.807, 2.05) is 12.1 Å². The van der Waals surface area contributed by atoms with Crippen LogP contribution in [0.3, 0.4) is 0 Å². The Morgan fingerprint density at radius 2 is 2.00 bits per heavy atom. The van der Waals surface area contributed by atoms with Crippen molar-refractivity contribution in [1.82, 2.24) is 4.98 Å². The molecule has 4 heteroatoms. The molecule has 1 aromatic carbocycles. The molecule has 0 saturated heterocycles. The molecular formula is C12H14N2OS. The summed E-state index contributed by atoms with van der Waals surface area (Å²) in [5.74, 6) is 0.274. The second-order valence-electron chi connectivity index (χ2n) is 3.48. The Morgan fingerprint density at radius 3 is 2.56 bits per heavy atom. The van der Waals surface area contributed by atoms with Crippen LogP contribution < -0.4 is 5.73 Å². The van der Waals surface area contributed by atoms with Crippen molar-refractivity contribution in [3.05, 3.63) is 34.2 Å². The van der Waals surface area contributed by atoms with Gasteiger partial charge in [-0.15, -0.1) is 11.3 Å². The normalized spacial score (nSPS) is 10.6. The van der Waals surface area contributed by atoms with Gasteiger partial charge in [0.25, 0.3) is 0 Å². The van der Waals surface area contributed by atoms with E-state index in [0.29, 0.717) is 6.54 Å². The van der Waals surface area contributed by atoms with Crippen molar-refractivity contribution in [3.63, 3.8) is 0 Å². The van der Waals surface area contributed by atoms with Gasteiger partial charge in [-0.05, 0) is 30.7 Å². The molecule has 0 spiro atoms. The van der Waals surface area contributed by atoms with Crippen LogP contribution in [0.2, 0.25) is 0 Å². The van der Waals surface area contributed by atoms with Gasteiger partial charge in [0.2, 0.25) is 0 Å². The number of aromatic nitrogens is 1. The molecule has 84 valence electrons. The quantitative estimate of drug-likeness (QED) is 0.858. The summed E-state index contributed by atoms with van der Waals surface area (Å²) < 4.78 is 0. The van der Waals surface area contributed by atoms with Crippen LogP contribution in [0.4, 0.5) is 0 Å². The summed E-state index contributed by atoms with van der Waals surface area (Å²) in [5.41, 5.74) is 7.62. The molecule has 16 heavy (non-hydrogen) atoms. The van der Waals surface area contributed by atoms with Gasteiger partial charge in [-0.1, -0.05) is 6.92 Å². The Labute approximate surface area is 98.6 Å². The summed E-state index contributed by atoms with van der Waals surface area (Å²) in [6.07, 6.45) is 0.952. The third-order valence-electron chi connectivity index (χ3n) is 2.38. The Morgan fingerprint density at radius 1 is 1.31 bits per heavy atom. The highest BCUT2D eigenvalue weighted by Gasteiger charge is 2.10. The highest BCUT2D eigenvalue weighted by molar-refractivity contribution is 7.12. The molecule has 2 rings (SSSR count). The number of phenolic OH excluding ortho intramolecular Hbond substituents is 1. The fourth-order valence-corrected chi connectivity index (χ4v) is 2.48. The Hall–Kier alpha value is -1.39. The predicted molar refractivity (Wildman–Crippen MR) is 66.5 cm³/mol. The molecule has 0 unspecified atom stereocenters. The molecular weight excluding hydrogens is 220 g/mol. The summed E-state index contributed by atoms with van der Waals surface area (Å²) in [4.78, 5) is 5.75. The highest BCUT2D eigenvalue weighted by atomic mass is 32.1. The molecule has 3 N–H and O–H groups in total. The van der Waals surface area contributed by atoms with Gasteiger partial charge in [0.05, 0.1) is 5.69 Å². The Kier molecular flexibility index (Phi) is 3.22. The van der Waals surface area contributed by atoms with Gasteiger partial charge in [0.15, 0.2) is 0 Å². The molecule has 0 atom stereocenters. The number of rotatable bonds is 3. The van der Waals surface area contributed by atoms with E-state index in [1.54, 1.807) is 23.5 Å². The van der Waals surface area contributed by atoms with Gasteiger partial charge in [-0.25, -0.2) is 4.98 Å². The standard InChI is InChI=1S/C12H14N2OS/c1-2-10-12(14-11(7-13)16-10)8-3-5-9(15)6-4-8/h3-6,15H,2,7,13H2,1H3. The summed E-state index contributed by atoms with van der Waals surface area (Å²) in [7, 11) is 0. The summed E-state index contributed by atoms with van der Waals surface area (Å²) >= 11 is 1.66. The van der Waals surface area contributed by atoms with Crippen LogP contribution in [0.25, 0.3) is 11.3 Å². The van der Waals surface area contributed by atoms with Crippen molar-refractivity contribution in [2.75, 3.05) is 0 Å². The molecule has 0 aliphatic heterocycles. The average Bonchev–Trinajstić information content (AvgIpc) is 2.73. The van der Waals surface area contributed by atoms with E-state index >= 15 is 0 Å². The molecule has 0 amide bonds. The lowest BCUT2D eigenvalue weighted by Gasteiger charge is -2.00. The molecule has 0 radical (unpaired) electrons. The first-order chi connectivity index (χ1) is 7.74. The molecule has 1 heterocycles. The number of aromatic hydroxyl groups is 1. The first-order valence-corrected chi connectivity index (χ1v) is 6.04. The van der Waals surface area contributed by atoms with Crippen molar-refractivity contribution in [3.8, 4) is 17.0 Å². The SMILES string of the molecule is CCc1sc(CN)nc1-c1ccc(O)cc1. The zero-order chi connectivity index (χ0) is 11.5. The third kappa shape index (κ3) is 2.08. The van der Waals surface area contributed by atoms with E-state index in [1.165, 1.54) is 4.88 Å². The number of nitrogens with zero attached hydrogens (tertiary/aromatic N) is 1. The van der Waals surface area contributed by atoms with Crippen LogP contribution in [0.1, 0.15) is 16.8 Å². The average molecular weight is 234 g/mol. The molecule has 1 aromatic heterocycles. The van der Waals surface area contributed by atoms with Gasteiger partial charge in [-0.2, -0.15) is 0 Å². The first kappa shape index (κ1) is 11.1. The van der Waals surface area contributed by atoms with Crippen molar-refractivity contribution in [2.45, 2.75) is 19.9 Å². The second kappa shape index (κ2) is 4.63. The van der Waals surface area contributed by atoms with E-state index in [0.717, 1.165) is 22.7 Å². The maximum absolute atomic E-state index is 9.24. The third-order valence-corrected chi connectivity index (χ3v) is 3.60. The first-order valence-electron chi connectivity index (χ1n) is 5.22. The molecule has 0 fully saturated rings. The van der Waals surface area contributed by atoms with Crippen molar-refractivity contribution < 1.29 is 5.11 Å². The maximum atomic E-state index is 9.24. The number of nitrogens with two attached hydrogens (primary N) is 1. The second-order valence-corrected chi connectivity index (χ2v) is 4.65. The van der Waals surface area contributed by atoms with Crippen molar-refractivity contribution >= 4 is 11.3 Å². The molecule has 0 aliphatic rings. The largest absolute Gasteiger partial charge is 0.508 e. The van der Waals surface area contributed by atoms with Gasteiger partial charge in [-0.3, -0.25) is 0 Å². The number of benzene rings is 1. The molecule has 2 aromatic rings. The predicted octanol–water partition coefficient (Wildman–Crippen LogP) is 2.54. The van der Waals surface area contributed by atoms with E-state index in [-0.39, 0.29) is 5.75 Å². The van der Waals surface area contributed by atoms with Crippen molar-refractivity contribution in [2.24, 2.45) is 5.73 Å². The van der Waals surface area contributed by atoms with Crippen LogP contribution in [-0.2, 0) is 13.0 Å². The van der Waals surface area contributed by atoms with Crippen molar-refractivity contribution in [1.29, 1.82) is 0 Å². The van der Waals surface area contributed by atoms with Crippen LogP contribution in [-0.4, -0.2) is 10.1 Å². The minimum Gasteiger partial charge on any atom is -0.508 e. The maximum Gasteiger partial charge on any atom is 0.115 e. The molecule has 0 aliphatic carbocycles. The van der Waals surface area contributed by atoms with E-state index in [4.69, 9.17) is 5.73 Å². The fraction of sp³-hybridized carbons (Fsp3) is 0.250. The topological polar surface area (TPSA) is 59.1 Å². The minimum absolute atomic E-state index is 0.274. The fourth-order valence-electron chi connectivity index (χ4n) is 1.57. The van der Waals surface area contributed by atoms with Crippen LogP contribution in [0, 0.1) is 0 Å².